The predicted octanol–water partition coefficient (Wildman–Crippen LogP) is 3.28. The second-order valence-corrected chi connectivity index (χ2v) is 7.74. The van der Waals surface area contributed by atoms with Gasteiger partial charge < -0.3 is 9.47 Å². The number of rotatable bonds is 6. The molecule has 6 nitrogen and oxygen atoms in total. The fourth-order valence-electron chi connectivity index (χ4n) is 4.48. The fourth-order valence-corrected chi connectivity index (χ4v) is 4.75. The Balaban J connectivity index is 1.58. The Kier molecular flexibility index (Phi) is 5.33. The van der Waals surface area contributed by atoms with Crippen LogP contribution in [0.25, 0.3) is 0 Å². The molecule has 0 aromatic heterocycles. The van der Waals surface area contributed by atoms with Crippen molar-refractivity contribution in [3.8, 4) is 23.8 Å². The van der Waals surface area contributed by atoms with Crippen molar-refractivity contribution >= 4 is 29.6 Å². The molecule has 1 aliphatic heterocycles. The van der Waals surface area contributed by atoms with E-state index in [1.54, 1.807) is 12.1 Å². The van der Waals surface area contributed by atoms with Crippen molar-refractivity contribution in [2.75, 3.05) is 13.2 Å². The van der Waals surface area contributed by atoms with Gasteiger partial charge in [0.05, 0.1) is 29.7 Å². The van der Waals surface area contributed by atoms with E-state index in [0.717, 1.165) is 17.9 Å². The van der Waals surface area contributed by atoms with Crippen molar-refractivity contribution < 1.29 is 19.1 Å². The molecule has 0 radical (unpaired) electrons. The maximum absolute atomic E-state index is 12.8. The van der Waals surface area contributed by atoms with Gasteiger partial charge in [-0.15, -0.1) is 6.42 Å². The van der Waals surface area contributed by atoms with E-state index in [9.17, 15) is 9.59 Å². The van der Waals surface area contributed by atoms with E-state index in [1.807, 2.05) is 6.92 Å². The Morgan fingerprint density at radius 3 is 2.41 bits per heavy atom. The van der Waals surface area contributed by atoms with Crippen molar-refractivity contribution in [3.63, 3.8) is 0 Å². The molecule has 150 valence electrons. The van der Waals surface area contributed by atoms with Gasteiger partial charge in [-0.1, -0.05) is 29.7 Å². The van der Waals surface area contributed by atoms with Gasteiger partial charge in [-0.3, -0.25) is 9.59 Å². The summed E-state index contributed by atoms with van der Waals surface area (Å²) < 4.78 is 11.1. The number of carbonyl (C=O) groups excluding carboxylic acids is 2. The summed E-state index contributed by atoms with van der Waals surface area (Å²) in [5.74, 6) is 2.41. The summed E-state index contributed by atoms with van der Waals surface area (Å²) in [5, 5.41) is 5.53. The molecule has 3 aliphatic carbocycles. The summed E-state index contributed by atoms with van der Waals surface area (Å²) in [6.07, 6.45) is 12.7. The van der Waals surface area contributed by atoms with Crippen molar-refractivity contribution in [3.05, 3.63) is 34.9 Å². The van der Waals surface area contributed by atoms with Crippen LogP contribution in [0.3, 0.4) is 0 Å². The number of hydrazone groups is 1. The molecule has 4 aliphatic rings. The molecule has 1 aromatic carbocycles. The summed E-state index contributed by atoms with van der Waals surface area (Å²) in [7, 11) is 0. The van der Waals surface area contributed by atoms with Gasteiger partial charge in [-0.25, -0.2) is 0 Å². The first-order valence-electron chi connectivity index (χ1n) is 9.67. The third-order valence-electron chi connectivity index (χ3n) is 5.69. The van der Waals surface area contributed by atoms with Gasteiger partial charge in [0.2, 0.25) is 0 Å². The second-order valence-electron chi connectivity index (χ2n) is 7.33. The maximum Gasteiger partial charge on any atom is 0.254 e. The molecule has 1 saturated heterocycles. The molecule has 2 bridgehead atoms. The van der Waals surface area contributed by atoms with E-state index < -0.39 is 0 Å². The second kappa shape index (κ2) is 7.92. The largest absolute Gasteiger partial charge is 0.490 e. The van der Waals surface area contributed by atoms with Crippen LogP contribution in [0.1, 0.15) is 25.3 Å². The summed E-state index contributed by atoms with van der Waals surface area (Å²) in [4.78, 5) is 25.7. The minimum absolute atomic E-state index is 0.0587. The summed E-state index contributed by atoms with van der Waals surface area (Å²) in [5.41, 5.74) is 0.586. The van der Waals surface area contributed by atoms with Crippen LogP contribution >= 0.6 is 11.6 Å². The lowest BCUT2D eigenvalue weighted by atomic mass is 9.63. The molecule has 29 heavy (non-hydrogen) atoms. The Morgan fingerprint density at radius 2 is 1.86 bits per heavy atom. The zero-order valence-electron chi connectivity index (χ0n) is 16.0. The molecule has 5 rings (SSSR count). The Labute approximate surface area is 174 Å². The van der Waals surface area contributed by atoms with Crippen molar-refractivity contribution in [2.45, 2.75) is 19.8 Å². The molecule has 4 atom stereocenters. The lowest BCUT2D eigenvalue weighted by molar-refractivity contribution is -0.140. The SMILES string of the molecule is C#CCOc1c(Cl)cc(/C=N\N2C(=O)[C@H]3[C@H](C2=O)[C@H]2C=C[C@H]3CC2)cc1OCC. The van der Waals surface area contributed by atoms with Crippen LogP contribution in [0.5, 0.6) is 11.5 Å². The first-order valence-corrected chi connectivity index (χ1v) is 10.1. The summed E-state index contributed by atoms with van der Waals surface area (Å²) in [6.45, 7) is 2.31. The van der Waals surface area contributed by atoms with Crippen LogP contribution in [0.4, 0.5) is 0 Å². The normalized spacial score (nSPS) is 27.4. The van der Waals surface area contributed by atoms with Gasteiger partial charge in [0.15, 0.2) is 11.5 Å². The monoisotopic (exact) mass is 412 g/mol. The third-order valence-corrected chi connectivity index (χ3v) is 5.97. The minimum Gasteiger partial charge on any atom is -0.490 e. The fraction of sp³-hybridized carbons (Fsp3) is 0.409. The average Bonchev–Trinajstić information content (AvgIpc) is 2.99. The van der Waals surface area contributed by atoms with Gasteiger partial charge in [0, 0.05) is 0 Å². The van der Waals surface area contributed by atoms with E-state index in [-0.39, 0.29) is 42.1 Å². The summed E-state index contributed by atoms with van der Waals surface area (Å²) in [6, 6.07) is 3.32. The number of imide groups is 1. The molecule has 0 spiro atoms. The van der Waals surface area contributed by atoms with Gasteiger partial charge >= 0.3 is 0 Å². The highest BCUT2D eigenvalue weighted by Crippen LogP contribution is 2.49. The van der Waals surface area contributed by atoms with Crippen LogP contribution in [0, 0.1) is 36.0 Å². The van der Waals surface area contributed by atoms with E-state index in [1.165, 1.54) is 6.21 Å². The first kappa shape index (κ1) is 19.5. The highest BCUT2D eigenvalue weighted by Gasteiger charge is 2.56. The van der Waals surface area contributed by atoms with E-state index in [0.29, 0.717) is 28.7 Å². The number of halogens is 1. The maximum atomic E-state index is 12.8. The lowest BCUT2D eigenvalue weighted by Crippen LogP contribution is -2.38. The topological polar surface area (TPSA) is 68.2 Å². The van der Waals surface area contributed by atoms with Crippen molar-refractivity contribution in [1.29, 1.82) is 0 Å². The number of ether oxygens (including phenoxy) is 2. The number of hydrogen-bond donors (Lipinski definition) is 0. The number of allylic oxidation sites excluding steroid dienone is 2. The van der Waals surface area contributed by atoms with Gasteiger partial charge in [0.1, 0.15) is 6.61 Å². The van der Waals surface area contributed by atoms with Gasteiger partial charge in [-0.2, -0.15) is 10.1 Å². The molecule has 0 unspecified atom stereocenters. The Bertz CT molecular complexity index is 917. The zero-order valence-corrected chi connectivity index (χ0v) is 16.8. The summed E-state index contributed by atoms with van der Waals surface area (Å²) >= 11 is 6.31. The smallest absolute Gasteiger partial charge is 0.254 e. The van der Waals surface area contributed by atoms with Gasteiger partial charge in [-0.05, 0) is 49.3 Å². The highest BCUT2D eigenvalue weighted by molar-refractivity contribution is 6.32. The molecule has 2 fully saturated rings. The zero-order chi connectivity index (χ0) is 20.5. The van der Waals surface area contributed by atoms with Crippen molar-refractivity contribution in [2.24, 2.45) is 28.8 Å². The molecule has 7 heteroatoms. The standard InChI is InChI=1S/C22H21ClN2O4/c1-3-9-29-20-16(23)10-13(11-17(20)28-4-2)12-24-25-21(26)18-14-5-6-15(8-7-14)19(18)22(25)27/h1,5-6,10-12,14-15,18-19H,4,7-9H2,2H3/b24-12-/t14-,15-,18+,19+/m0/s1. The van der Waals surface area contributed by atoms with Crippen LogP contribution in [-0.4, -0.2) is 36.3 Å². The van der Waals surface area contributed by atoms with Crippen LogP contribution < -0.4 is 9.47 Å². The van der Waals surface area contributed by atoms with Crippen molar-refractivity contribution in [1.82, 2.24) is 5.01 Å². The van der Waals surface area contributed by atoms with E-state index >= 15 is 0 Å². The number of fused-ring (bicyclic) bond motifs is 1. The number of amides is 2. The Hall–Kier alpha value is -2.78. The predicted molar refractivity (Wildman–Crippen MR) is 109 cm³/mol. The molecule has 0 N–H and O–H groups in total. The highest BCUT2D eigenvalue weighted by atomic mass is 35.5. The third kappa shape index (κ3) is 3.40. The van der Waals surface area contributed by atoms with Crippen LogP contribution in [-0.2, 0) is 9.59 Å². The lowest BCUT2D eigenvalue weighted by Gasteiger charge is -2.37. The molecule has 1 saturated carbocycles. The number of nitrogens with zero attached hydrogens (tertiary/aromatic N) is 2. The number of hydrogen-bond acceptors (Lipinski definition) is 5. The quantitative estimate of drug-likeness (QED) is 0.311. The molecule has 2 amide bonds. The van der Waals surface area contributed by atoms with Crippen LogP contribution in [0.2, 0.25) is 5.02 Å². The Morgan fingerprint density at radius 1 is 1.21 bits per heavy atom. The average molecular weight is 413 g/mol. The van der Waals surface area contributed by atoms with E-state index in [2.05, 4.69) is 23.2 Å². The molecular formula is C22H21ClN2O4. The molecule has 1 heterocycles. The van der Waals surface area contributed by atoms with E-state index in [4.69, 9.17) is 27.5 Å². The van der Waals surface area contributed by atoms with Crippen LogP contribution in [0.15, 0.2) is 29.4 Å². The van der Waals surface area contributed by atoms with Gasteiger partial charge in [0.25, 0.3) is 11.8 Å². The molecule has 1 aromatic rings. The first-order chi connectivity index (χ1) is 14.0. The number of benzene rings is 1. The number of carbonyl (C=O) groups is 2. The number of terminal acetylenes is 1. The molecular weight excluding hydrogens is 392 g/mol. The minimum atomic E-state index is -0.287.